The molecule has 0 amide bonds. The maximum Gasteiger partial charge on any atom is 0.340 e. The number of hydrogen-bond acceptors (Lipinski definition) is 19. The molecule has 0 radical (unpaired) electrons. The third-order valence-electron chi connectivity index (χ3n) is 12.2. The maximum absolute atomic E-state index is 14.5. The second-order valence-corrected chi connectivity index (χ2v) is 16.7. The minimum atomic E-state index is -2.82. The average molecular weight is 870 g/mol. The van der Waals surface area contributed by atoms with Gasteiger partial charge in [-0.2, -0.15) is 0 Å². The van der Waals surface area contributed by atoms with Crippen LogP contribution < -0.4 is 0 Å². The SMILES string of the molecule is CC(=O)OC[C@]12[C@H](OC(C)=O)[C@H](OC(C)=O)C3[C@@H](OC(C)=O)C14O[C@@]3(C)COC(=O)c1cccnc1CCC(C)(O)C(=O)O[C@@H]([C@H](OCc1ccccc1)[C@@H]2OC(C)=O)[C@]4(C)O. The van der Waals surface area contributed by atoms with Crippen LogP contribution in [0.25, 0.3) is 0 Å². The van der Waals surface area contributed by atoms with Gasteiger partial charge in [0.25, 0.3) is 0 Å². The summed E-state index contributed by atoms with van der Waals surface area (Å²) in [6.07, 6.45) is -10.7. The fraction of sp³-hybridized carbons (Fsp3) is 0.581. The summed E-state index contributed by atoms with van der Waals surface area (Å²) in [5.74, 6) is -8.78. The van der Waals surface area contributed by atoms with Gasteiger partial charge in [0.15, 0.2) is 23.4 Å². The summed E-state index contributed by atoms with van der Waals surface area (Å²) in [5, 5.41) is 25.5. The van der Waals surface area contributed by atoms with Crippen molar-refractivity contribution in [2.24, 2.45) is 11.3 Å². The minimum Gasteiger partial charge on any atom is -0.465 e. The van der Waals surface area contributed by atoms with E-state index in [4.69, 9.17) is 42.6 Å². The Balaban J connectivity index is 1.77. The first-order chi connectivity index (χ1) is 29.0. The molecule has 1 aromatic heterocycles. The van der Waals surface area contributed by atoms with Crippen LogP contribution in [-0.4, -0.2) is 129 Å². The Morgan fingerprint density at radius 2 is 1.37 bits per heavy atom. The van der Waals surface area contributed by atoms with E-state index < -0.39 is 125 Å². The fourth-order valence-corrected chi connectivity index (χ4v) is 9.78. The highest BCUT2D eigenvalue weighted by Crippen LogP contribution is 2.70. The molecule has 1 aromatic carbocycles. The van der Waals surface area contributed by atoms with Crippen LogP contribution in [0.4, 0.5) is 0 Å². The van der Waals surface area contributed by atoms with Crippen molar-refractivity contribution < 1.29 is 86.4 Å². The second kappa shape index (κ2) is 17.0. The molecule has 4 aliphatic rings. The van der Waals surface area contributed by atoms with Crippen LogP contribution in [0.1, 0.15) is 83.4 Å². The predicted octanol–water partition coefficient (Wildman–Crippen LogP) is 1.63. The summed E-state index contributed by atoms with van der Waals surface area (Å²) >= 11 is 0. The van der Waals surface area contributed by atoms with Crippen molar-refractivity contribution in [3.63, 3.8) is 0 Å². The predicted molar refractivity (Wildman–Crippen MR) is 206 cm³/mol. The molecular formula is C43H51NO18. The molecule has 19 heteroatoms. The molecule has 2 aromatic rings. The third-order valence-corrected chi connectivity index (χ3v) is 12.2. The number of carbonyl (C=O) groups excluding carboxylic acids is 7. The Bertz CT molecular complexity index is 2110. The van der Waals surface area contributed by atoms with Gasteiger partial charge in [0.05, 0.1) is 23.8 Å². The lowest BCUT2D eigenvalue weighted by atomic mass is 9.45. The molecule has 2 saturated carbocycles. The lowest BCUT2D eigenvalue weighted by molar-refractivity contribution is -0.391. The Hall–Kier alpha value is -5.50. The summed E-state index contributed by atoms with van der Waals surface area (Å²) in [6.45, 7) is 6.71. The number of carbonyl (C=O) groups is 7. The standard InChI is InChI=1S/C43H51NO18/c1-22(45)55-21-42-35(59-25(4)48)31(57-23(2)46)30-33(58-24(3)47)43(42)41(8,53)34(32(36(42)60-26(5)49)54-19-27-13-10-9-11-14-27)61-38(51)39(6,52)17-16-29-28(15-12-18-44-29)37(50)56-20-40(30,7)62-43/h9-15,18,30-36,52-53H,16-17,19-21H2,1-8H3/t30?,31-,32+,33-,34+,35-,36+,39?,40+,41+,42-,43?/m1/s1. The highest BCUT2D eigenvalue weighted by Gasteiger charge is 2.91. The topological polar surface area (TPSA) is 256 Å². The van der Waals surface area contributed by atoms with Gasteiger partial charge in [-0.25, -0.2) is 9.59 Å². The molecule has 6 rings (SSSR count). The zero-order valence-electron chi connectivity index (χ0n) is 35.6. The normalized spacial score (nSPS) is 36.3. The number of hydrogen-bond donors (Lipinski definition) is 2. The number of ether oxygens (including phenoxy) is 9. The van der Waals surface area contributed by atoms with Gasteiger partial charge in [-0.15, -0.1) is 0 Å². The number of aliphatic hydroxyl groups is 2. The number of nitrogens with zero attached hydrogens (tertiary/aromatic N) is 1. The van der Waals surface area contributed by atoms with E-state index in [1.54, 1.807) is 30.3 Å². The first-order valence-corrected chi connectivity index (χ1v) is 20.0. The second-order valence-electron chi connectivity index (χ2n) is 16.7. The van der Waals surface area contributed by atoms with Crippen molar-refractivity contribution in [1.29, 1.82) is 0 Å². The van der Waals surface area contributed by atoms with E-state index in [2.05, 4.69) is 4.98 Å². The number of fused-ring (bicyclic) bond motifs is 5. The fourth-order valence-electron chi connectivity index (χ4n) is 9.78. The monoisotopic (exact) mass is 869 g/mol. The van der Waals surface area contributed by atoms with Crippen LogP contribution in [0.15, 0.2) is 48.7 Å². The molecule has 12 atom stereocenters. The van der Waals surface area contributed by atoms with Gasteiger partial charge in [-0.1, -0.05) is 30.3 Å². The molecule has 2 N–H and O–H groups in total. The van der Waals surface area contributed by atoms with Crippen LogP contribution in [0, 0.1) is 11.3 Å². The molecule has 2 aliphatic carbocycles. The molecule has 2 aliphatic heterocycles. The van der Waals surface area contributed by atoms with Crippen LogP contribution in [0.2, 0.25) is 0 Å². The Kier molecular flexibility index (Phi) is 12.6. The first-order valence-electron chi connectivity index (χ1n) is 20.0. The van der Waals surface area contributed by atoms with Gasteiger partial charge in [0.2, 0.25) is 0 Å². The number of esters is 7. The summed E-state index contributed by atoms with van der Waals surface area (Å²) in [7, 11) is 0. The zero-order chi connectivity index (χ0) is 45.6. The van der Waals surface area contributed by atoms with Gasteiger partial charge in [0, 0.05) is 40.8 Å². The molecule has 1 saturated heterocycles. The number of rotatable bonds is 9. The highest BCUT2D eigenvalue weighted by atomic mass is 16.7. The number of pyridine rings is 1. The van der Waals surface area contributed by atoms with Crippen molar-refractivity contribution in [2.75, 3.05) is 13.2 Å². The van der Waals surface area contributed by atoms with Crippen molar-refractivity contribution in [2.45, 2.75) is 134 Å². The van der Waals surface area contributed by atoms with Crippen LogP contribution in [0.5, 0.6) is 0 Å². The number of cyclic esters (lactones) is 1. The zero-order valence-corrected chi connectivity index (χ0v) is 35.6. The van der Waals surface area contributed by atoms with Crippen LogP contribution in [-0.2, 0) is 84.4 Å². The molecule has 3 heterocycles. The van der Waals surface area contributed by atoms with E-state index in [0.29, 0.717) is 5.56 Å². The summed E-state index contributed by atoms with van der Waals surface area (Å²) < 4.78 is 55.9. The van der Waals surface area contributed by atoms with Gasteiger partial charge >= 0.3 is 41.8 Å². The van der Waals surface area contributed by atoms with Crippen LogP contribution in [0.3, 0.4) is 0 Å². The van der Waals surface area contributed by atoms with Crippen molar-refractivity contribution in [3.05, 3.63) is 65.5 Å². The molecule has 62 heavy (non-hydrogen) atoms. The Morgan fingerprint density at radius 3 is 1.97 bits per heavy atom. The van der Waals surface area contributed by atoms with E-state index in [1.807, 2.05) is 0 Å². The molecule has 3 unspecified atom stereocenters. The van der Waals surface area contributed by atoms with Crippen molar-refractivity contribution >= 4 is 41.8 Å². The van der Waals surface area contributed by atoms with E-state index in [9.17, 15) is 43.8 Å². The lowest BCUT2D eigenvalue weighted by Crippen LogP contribution is -2.89. The molecule has 336 valence electrons. The van der Waals surface area contributed by atoms with Crippen molar-refractivity contribution in [1.82, 2.24) is 4.98 Å². The largest absolute Gasteiger partial charge is 0.465 e. The summed E-state index contributed by atoms with van der Waals surface area (Å²) in [5.41, 5.74) is -11.9. The summed E-state index contributed by atoms with van der Waals surface area (Å²) in [4.78, 5) is 99.3. The third kappa shape index (κ3) is 7.90. The smallest absolute Gasteiger partial charge is 0.340 e. The lowest BCUT2D eigenvalue weighted by Gasteiger charge is -2.67. The molecule has 4 bridgehead atoms. The number of aromatic nitrogens is 1. The first kappa shape index (κ1) is 46.0. The average Bonchev–Trinajstić information content (AvgIpc) is 3.40. The minimum absolute atomic E-state index is 0.0561. The quantitative estimate of drug-likeness (QED) is 0.268. The van der Waals surface area contributed by atoms with Crippen molar-refractivity contribution in [3.8, 4) is 0 Å². The molecule has 19 nitrogen and oxygen atoms in total. The van der Waals surface area contributed by atoms with Gasteiger partial charge in [-0.05, 0) is 51.3 Å². The van der Waals surface area contributed by atoms with E-state index in [0.717, 1.165) is 48.5 Å². The van der Waals surface area contributed by atoms with E-state index >= 15 is 0 Å². The van der Waals surface area contributed by atoms with E-state index in [1.165, 1.54) is 25.3 Å². The molecule has 1 spiro atoms. The summed E-state index contributed by atoms with van der Waals surface area (Å²) in [6, 6.07) is 11.4. The highest BCUT2D eigenvalue weighted by molar-refractivity contribution is 5.90. The molecular weight excluding hydrogens is 818 g/mol. The Labute approximate surface area is 356 Å². The van der Waals surface area contributed by atoms with Crippen LogP contribution >= 0.6 is 0 Å². The van der Waals surface area contributed by atoms with Gasteiger partial charge in [0.1, 0.15) is 54.2 Å². The maximum atomic E-state index is 14.5. The van der Waals surface area contributed by atoms with E-state index in [-0.39, 0.29) is 30.7 Å². The number of aryl methyl sites for hydroxylation is 1. The van der Waals surface area contributed by atoms with Gasteiger partial charge < -0.3 is 52.8 Å². The number of benzene rings is 1. The molecule has 3 fully saturated rings. The van der Waals surface area contributed by atoms with Gasteiger partial charge in [-0.3, -0.25) is 29.0 Å². The Morgan fingerprint density at radius 1 is 0.774 bits per heavy atom.